The van der Waals surface area contributed by atoms with E-state index in [1.807, 2.05) is 31.3 Å². The molecule has 1 heterocycles. The predicted octanol–water partition coefficient (Wildman–Crippen LogP) is 3.42. The first-order valence-electron chi connectivity index (χ1n) is 7.19. The number of aryl methyl sites for hydroxylation is 1. The van der Waals surface area contributed by atoms with Crippen molar-refractivity contribution in [1.82, 2.24) is 14.9 Å². The Balaban J connectivity index is 1.98. The molecular formula is C16H22ClN3O. The average Bonchev–Trinajstić information content (AvgIpc) is 2.83. The Kier molecular flexibility index (Phi) is 5.65. The van der Waals surface area contributed by atoms with Gasteiger partial charge in [0.25, 0.3) is 0 Å². The van der Waals surface area contributed by atoms with Crippen LogP contribution in [0.1, 0.15) is 25.2 Å². The molecule has 1 aromatic heterocycles. The van der Waals surface area contributed by atoms with Gasteiger partial charge < -0.3 is 14.6 Å². The number of hydrogen-bond acceptors (Lipinski definition) is 3. The minimum atomic E-state index is 0.405. The molecule has 0 spiro atoms. The van der Waals surface area contributed by atoms with Crippen molar-refractivity contribution in [3.8, 4) is 5.75 Å². The van der Waals surface area contributed by atoms with Gasteiger partial charge in [0.05, 0.1) is 6.54 Å². The molecule has 0 atom stereocenters. The number of nitrogens with zero attached hydrogens (tertiary/aromatic N) is 2. The van der Waals surface area contributed by atoms with E-state index in [0.717, 1.165) is 28.7 Å². The Morgan fingerprint density at radius 2 is 2.19 bits per heavy atom. The number of nitrogens with one attached hydrogen (secondary N) is 1. The Bertz CT molecular complexity index is 581. The van der Waals surface area contributed by atoms with Gasteiger partial charge in [-0.2, -0.15) is 0 Å². The first-order valence-corrected chi connectivity index (χ1v) is 7.57. The van der Waals surface area contributed by atoms with E-state index >= 15 is 0 Å². The molecule has 21 heavy (non-hydrogen) atoms. The molecule has 2 aromatic rings. The molecule has 5 heteroatoms. The van der Waals surface area contributed by atoms with Gasteiger partial charge >= 0.3 is 0 Å². The largest absolute Gasteiger partial charge is 0.491 e. The molecule has 0 aliphatic heterocycles. The zero-order chi connectivity index (χ0) is 15.2. The predicted molar refractivity (Wildman–Crippen MR) is 85.9 cm³/mol. The molecule has 1 N–H and O–H groups in total. The lowest BCUT2D eigenvalue weighted by atomic mass is 10.2. The van der Waals surface area contributed by atoms with Gasteiger partial charge in [0.1, 0.15) is 18.2 Å². The topological polar surface area (TPSA) is 39.1 Å². The van der Waals surface area contributed by atoms with Crippen LogP contribution in [0.25, 0.3) is 0 Å². The second kappa shape index (κ2) is 7.48. The molecule has 0 unspecified atom stereocenters. The molecule has 0 aliphatic rings. The second-order valence-electron chi connectivity index (χ2n) is 5.27. The summed E-state index contributed by atoms with van der Waals surface area (Å²) in [5, 5.41) is 4.11. The minimum absolute atomic E-state index is 0.405. The maximum atomic E-state index is 6.28. The molecule has 4 nitrogen and oxygen atoms in total. The molecule has 0 aliphatic carbocycles. The van der Waals surface area contributed by atoms with E-state index < -0.39 is 0 Å². The highest BCUT2D eigenvalue weighted by Gasteiger charge is 2.09. The number of imidazole rings is 1. The molecule has 0 radical (unpaired) electrons. The van der Waals surface area contributed by atoms with Crippen LogP contribution in [-0.2, 0) is 13.1 Å². The lowest BCUT2D eigenvalue weighted by Gasteiger charge is -2.15. The van der Waals surface area contributed by atoms with E-state index in [2.05, 4.69) is 28.7 Å². The fraction of sp³-hybridized carbons (Fsp3) is 0.438. The van der Waals surface area contributed by atoms with Gasteiger partial charge in [-0.3, -0.25) is 0 Å². The average molecular weight is 308 g/mol. The third kappa shape index (κ3) is 4.48. The Hall–Kier alpha value is -1.52. The summed E-state index contributed by atoms with van der Waals surface area (Å²) in [7, 11) is 0. The zero-order valence-corrected chi connectivity index (χ0v) is 13.5. The van der Waals surface area contributed by atoms with Crippen molar-refractivity contribution in [2.24, 2.45) is 0 Å². The molecule has 0 amide bonds. The Morgan fingerprint density at radius 1 is 1.38 bits per heavy atom. The molecule has 2 rings (SSSR count). The Labute approximate surface area is 131 Å². The maximum Gasteiger partial charge on any atom is 0.125 e. The molecule has 0 fully saturated rings. The summed E-state index contributed by atoms with van der Waals surface area (Å²) in [5.41, 5.74) is 1.01. The van der Waals surface area contributed by atoms with Crippen LogP contribution >= 0.6 is 11.6 Å². The maximum absolute atomic E-state index is 6.28. The first-order chi connectivity index (χ1) is 10.1. The highest BCUT2D eigenvalue weighted by atomic mass is 35.5. The van der Waals surface area contributed by atoms with Gasteiger partial charge in [0, 0.05) is 35.6 Å². The lowest BCUT2D eigenvalue weighted by molar-refractivity contribution is 0.293. The monoisotopic (exact) mass is 307 g/mol. The van der Waals surface area contributed by atoms with Crippen molar-refractivity contribution >= 4 is 11.6 Å². The summed E-state index contributed by atoms with van der Waals surface area (Å²) in [5.74, 6) is 1.83. The summed E-state index contributed by atoms with van der Waals surface area (Å²) in [4.78, 5) is 4.20. The van der Waals surface area contributed by atoms with Crippen molar-refractivity contribution in [3.05, 3.63) is 47.0 Å². The minimum Gasteiger partial charge on any atom is -0.491 e. The Morgan fingerprint density at radius 3 is 2.86 bits per heavy atom. The van der Waals surface area contributed by atoms with Crippen LogP contribution in [0.4, 0.5) is 0 Å². The van der Waals surface area contributed by atoms with Gasteiger partial charge in [-0.1, -0.05) is 31.5 Å². The molecule has 114 valence electrons. The fourth-order valence-electron chi connectivity index (χ4n) is 2.05. The van der Waals surface area contributed by atoms with Crippen molar-refractivity contribution in [1.29, 1.82) is 0 Å². The summed E-state index contributed by atoms with van der Waals surface area (Å²) in [6.45, 7) is 8.27. The van der Waals surface area contributed by atoms with Crippen LogP contribution in [-0.4, -0.2) is 22.2 Å². The van der Waals surface area contributed by atoms with E-state index in [0.29, 0.717) is 19.2 Å². The normalized spacial score (nSPS) is 11.1. The van der Waals surface area contributed by atoms with E-state index in [4.69, 9.17) is 16.3 Å². The SMILES string of the molecule is Cc1nccn1CCOc1cccc(Cl)c1CNC(C)C. The van der Waals surface area contributed by atoms with Gasteiger partial charge in [0.2, 0.25) is 0 Å². The highest BCUT2D eigenvalue weighted by Crippen LogP contribution is 2.26. The van der Waals surface area contributed by atoms with Gasteiger partial charge in [-0.15, -0.1) is 0 Å². The third-order valence-corrected chi connectivity index (χ3v) is 3.63. The van der Waals surface area contributed by atoms with Crippen molar-refractivity contribution in [3.63, 3.8) is 0 Å². The van der Waals surface area contributed by atoms with Crippen LogP contribution in [0.5, 0.6) is 5.75 Å². The first kappa shape index (κ1) is 15.9. The standard InChI is InChI=1S/C16H22ClN3O/c1-12(2)19-11-14-15(17)5-4-6-16(14)21-10-9-20-8-7-18-13(20)3/h4-8,12,19H,9-11H2,1-3H3. The van der Waals surface area contributed by atoms with Crippen molar-refractivity contribution < 1.29 is 4.74 Å². The molecule has 0 bridgehead atoms. The van der Waals surface area contributed by atoms with E-state index in [1.165, 1.54) is 0 Å². The van der Waals surface area contributed by atoms with Crippen LogP contribution in [0.2, 0.25) is 5.02 Å². The summed E-state index contributed by atoms with van der Waals surface area (Å²) in [6.07, 6.45) is 3.75. The van der Waals surface area contributed by atoms with Crippen LogP contribution in [0, 0.1) is 6.92 Å². The van der Waals surface area contributed by atoms with Crippen LogP contribution in [0.15, 0.2) is 30.6 Å². The number of rotatable bonds is 7. The summed E-state index contributed by atoms with van der Waals surface area (Å²) in [6, 6.07) is 6.18. The van der Waals surface area contributed by atoms with Gasteiger partial charge in [-0.05, 0) is 19.1 Å². The summed E-state index contributed by atoms with van der Waals surface area (Å²) < 4.78 is 7.97. The number of hydrogen-bond donors (Lipinski definition) is 1. The molecule has 0 saturated carbocycles. The van der Waals surface area contributed by atoms with E-state index in [1.54, 1.807) is 6.20 Å². The number of ether oxygens (including phenoxy) is 1. The molecule has 1 aromatic carbocycles. The van der Waals surface area contributed by atoms with Gasteiger partial charge in [0.15, 0.2) is 0 Å². The zero-order valence-electron chi connectivity index (χ0n) is 12.8. The smallest absolute Gasteiger partial charge is 0.125 e. The molecule has 0 saturated heterocycles. The van der Waals surface area contributed by atoms with Crippen molar-refractivity contribution in [2.45, 2.75) is 39.9 Å². The van der Waals surface area contributed by atoms with Gasteiger partial charge in [-0.25, -0.2) is 4.98 Å². The summed E-state index contributed by atoms with van der Waals surface area (Å²) >= 11 is 6.28. The third-order valence-electron chi connectivity index (χ3n) is 3.28. The number of benzene rings is 1. The highest BCUT2D eigenvalue weighted by molar-refractivity contribution is 6.31. The van der Waals surface area contributed by atoms with E-state index in [-0.39, 0.29) is 0 Å². The van der Waals surface area contributed by atoms with Crippen molar-refractivity contribution in [2.75, 3.05) is 6.61 Å². The second-order valence-corrected chi connectivity index (χ2v) is 5.68. The molecular weight excluding hydrogens is 286 g/mol. The number of halogens is 1. The van der Waals surface area contributed by atoms with Crippen LogP contribution in [0.3, 0.4) is 0 Å². The lowest BCUT2D eigenvalue weighted by Crippen LogP contribution is -2.22. The number of aromatic nitrogens is 2. The quantitative estimate of drug-likeness (QED) is 0.852. The van der Waals surface area contributed by atoms with E-state index in [9.17, 15) is 0 Å². The van der Waals surface area contributed by atoms with Crippen LogP contribution < -0.4 is 10.1 Å². The fourth-order valence-corrected chi connectivity index (χ4v) is 2.28.